The van der Waals surface area contributed by atoms with E-state index in [1.54, 1.807) is 37.3 Å². The highest BCUT2D eigenvalue weighted by molar-refractivity contribution is 7.89. The third kappa shape index (κ3) is 2.62. The van der Waals surface area contributed by atoms with Gasteiger partial charge in [-0.05, 0) is 31.9 Å². The molecule has 4 nitrogen and oxygen atoms in total. The van der Waals surface area contributed by atoms with E-state index in [-0.39, 0.29) is 11.7 Å². The zero-order chi connectivity index (χ0) is 13.2. The van der Waals surface area contributed by atoms with Gasteiger partial charge in [0.15, 0.2) is 0 Å². The number of piperidine rings is 1. The second-order valence-electron chi connectivity index (χ2n) is 4.60. The van der Waals surface area contributed by atoms with Crippen molar-refractivity contribution >= 4 is 15.8 Å². The van der Waals surface area contributed by atoms with Crippen molar-refractivity contribution in [3.8, 4) is 0 Å². The Labute approximate surface area is 108 Å². The van der Waals surface area contributed by atoms with Crippen molar-refractivity contribution in [3.05, 3.63) is 30.3 Å². The van der Waals surface area contributed by atoms with Gasteiger partial charge in [-0.3, -0.25) is 4.79 Å². The van der Waals surface area contributed by atoms with Crippen molar-refractivity contribution in [1.82, 2.24) is 4.31 Å². The molecule has 0 bridgehead atoms. The predicted molar refractivity (Wildman–Crippen MR) is 68.6 cm³/mol. The van der Waals surface area contributed by atoms with Crippen LogP contribution in [0, 0.1) is 5.92 Å². The second kappa shape index (κ2) is 5.20. The molecule has 18 heavy (non-hydrogen) atoms. The van der Waals surface area contributed by atoms with Gasteiger partial charge in [0.25, 0.3) is 0 Å². The smallest absolute Gasteiger partial charge is 0.243 e. The molecule has 1 aromatic rings. The van der Waals surface area contributed by atoms with Crippen molar-refractivity contribution in [3.63, 3.8) is 0 Å². The molecule has 0 aromatic heterocycles. The SMILES string of the molecule is CC(=O)C1CCN(S(=O)(=O)c2ccccc2)CC1. The first kappa shape index (κ1) is 13.2. The molecule has 0 N–H and O–H groups in total. The van der Waals surface area contributed by atoms with E-state index < -0.39 is 10.0 Å². The van der Waals surface area contributed by atoms with Gasteiger partial charge < -0.3 is 0 Å². The first-order valence-electron chi connectivity index (χ1n) is 6.07. The highest BCUT2D eigenvalue weighted by atomic mass is 32.2. The van der Waals surface area contributed by atoms with Crippen LogP contribution < -0.4 is 0 Å². The van der Waals surface area contributed by atoms with Gasteiger partial charge in [-0.15, -0.1) is 0 Å². The van der Waals surface area contributed by atoms with E-state index in [1.807, 2.05) is 0 Å². The molecule has 0 atom stereocenters. The van der Waals surface area contributed by atoms with Crippen LogP contribution in [0.15, 0.2) is 35.2 Å². The monoisotopic (exact) mass is 267 g/mol. The van der Waals surface area contributed by atoms with E-state index in [9.17, 15) is 13.2 Å². The molecule has 0 radical (unpaired) electrons. The minimum absolute atomic E-state index is 0.0206. The summed E-state index contributed by atoms with van der Waals surface area (Å²) in [5.41, 5.74) is 0. The number of sulfonamides is 1. The normalized spacial score (nSPS) is 18.7. The molecule has 5 heteroatoms. The molecule has 0 spiro atoms. The average molecular weight is 267 g/mol. The molecule has 0 unspecified atom stereocenters. The predicted octanol–water partition coefficient (Wildman–Crippen LogP) is 1.68. The van der Waals surface area contributed by atoms with Gasteiger partial charge in [0.2, 0.25) is 10.0 Å². The Morgan fingerprint density at radius 1 is 1.17 bits per heavy atom. The molecule has 1 aromatic carbocycles. The zero-order valence-electron chi connectivity index (χ0n) is 10.4. The Morgan fingerprint density at radius 3 is 2.22 bits per heavy atom. The summed E-state index contributed by atoms with van der Waals surface area (Å²) in [5, 5.41) is 0. The van der Waals surface area contributed by atoms with Crippen molar-refractivity contribution in [2.75, 3.05) is 13.1 Å². The maximum absolute atomic E-state index is 12.3. The highest BCUT2D eigenvalue weighted by Gasteiger charge is 2.30. The summed E-state index contributed by atoms with van der Waals surface area (Å²) in [4.78, 5) is 11.6. The molecule has 98 valence electrons. The fourth-order valence-corrected chi connectivity index (χ4v) is 3.73. The molecule has 1 fully saturated rings. The molecule has 1 aliphatic heterocycles. The minimum atomic E-state index is -3.39. The maximum Gasteiger partial charge on any atom is 0.243 e. The molecule has 0 amide bonds. The second-order valence-corrected chi connectivity index (χ2v) is 6.54. The van der Waals surface area contributed by atoms with Crippen LogP contribution in [0.3, 0.4) is 0 Å². The van der Waals surface area contributed by atoms with Gasteiger partial charge in [0, 0.05) is 19.0 Å². The zero-order valence-corrected chi connectivity index (χ0v) is 11.2. The number of hydrogen-bond donors (Lipinski definition) is 0. The van der Waals surface area contributed by atoms with E-state index in [0.717, 1.165) is 0 Å². The molecular weight excluding hydrogens is 250 g/mol. The van der Waals surface area contributed by atoms with Gasteiger partial charge >= 0.3 is 0 Å². The Balaban J connectivity index is 2.12. The Bertz CT molecular complexity index is 516. The molecule has 1 saturated heterocycles. The largest absolute Gasteiger partial charge is 0.300 e. The van der Waals surface area contributed by atoms with Gasteiger partial charge in [0.1, 0.15) is 5.78 Å². The first-order valence-corrected chi connectivity index (χ1v) is 7.51. The topological polar surface area (TPSA) is 54.5 Å². The van der Waals surface area contributed by atoms with E-state index in [4.69, 9.17) is 0 Å². The minimum Gasteiger partial charge on any atom is -0.300 e. The third-order valence-corrected chi connectivity index (χ3v) is 5.32. The molecule has 1 aliphatic rings. The summed E-state index contributed by atoms with van der Waals surface area (Å²) < 4.78 is 26.1. The number of nitrogens with zero attached hydrogens (tertiary/aromatic N) is 1. The van der Waals surface area contributed by atoms with Gasteiger partial charge in [-0.25, -0.2) is 8.42 Å². The Hall–Kier alpha value is -1.20. The van der Waals surface area contributed by atoms with Gasteiger partial charge in [-0.1, -0.05) is 18.2 Å². The van der Waals surface area contributed by atoms with Crippen LogP contribution >= 0.6 is 0 Å². The number of Topliss-reactive ketones (excluding diaryl/α,β-unsaturated/α-hetero) is 1. The summed E-state index contributed by atoms with van der Waals surface area (Å²) in [6.07, 6.45) is 1.25. The Kier molecular flexibility index (Phi) is 3.82. The van der Waals surface area contributed by atoms with Gasteiger partial charge in [-0.2, -0.15) is 4.31 Å². The lowest BCUT2D eigenvalue weighted by Crippen LogP contribution is -2.39. The molecule has 0 saturated carbocycles. The maximum atomic E-state index is 12.3. The van der Waals surface area contributed by atoms with Gasteiger partial charge in [0.05, 0.1) is 4.90 Å². The first-order chi connectivity index (χ1) is 8.51. The van der Waals surface area contributed by atoms with Crippen LogP contribution in [-0.2, 0) is 14.8 Å². The van der Waals surface area contributed by atoms with Crippen molar-refractivity contribution in [2.45, 2.75) is 24.7 Å². The van der Waals surface area contributed by atoms with E-state index >= 15 is 0 Å². The fraction of sp³-hybridized carbons (Fsp3) is 0.462. The summed E-state index contributed by atoms with van der Waals surface area (Å²) >= 11 is 0. The summed E-state index contributed by atoms with van der Waals surface area (Å²) in [6, 6.07) is 8.43. The van der Waals surface area contributed by atoms with E-state index in [2.05, 4.69) is 0 Å². The lowest BCUT2D eigenvalue weighted by molar-refractivity contribution is -0.121. The lowest BCUT2D eigenvalue weighted by Gasteiger charge is -2.29. The van der Waals surface area contributed by atoms with Crippen molar-refractivity contribution < 1.29 is 13.2 Å². The lowest BCUT2D eigenvalue weighted by atomic mass is 9.95. The van der Waals surface area contributed by atoms with Crippen LogP contribution in [0.2, 0.25) is 0 Å². The number of carbonyl (C=O) groups is 1. The summed E-state index contributed by atoms with van der Waals surface area (Å²) in [7, 11) is -3.39. The molecule has 2 rings (SSSR count). The fourth-order valence-electron chi connectivity index (χ4n) is 2.24. The molecule has 0 aliphatic carbocycles. The van der Waals surface area contributed by atoms with Crippen LogP contribution in [0.1, 0.15) is 19.8 Å². The van der Waals surface area contributed by atoms with Crippen LogP contribution in [-0.4, -0.2) is 31.6 Å². The number of rotatable bonds is 3. The number of benzene rings is 1. The van der Waals surface area contributed by atoms with E-state index in [0.29, 0.717) is 30.8 Å². The summed E-state index contributed by atoms with van der Waals surface area (Å²) in [6.45, 7) is 2.44. The number of ketones is 1. The molecular formula is C13H17NO3S. The van der Waals surface area contributed by atoms with E-state index in [1.165, 1.54) is 4.31 Å². The van der Waals surface area contributed by atoms with Crippen LogP contribution in [0.25, 0.3) is 0 Å². The van der Waals surface area contributed by atoms with Crippen molar-refractivity contribution in [2.24, 2.45) is 5.92 Å². The van der Waals surface area contributed by atoms with Crippen molar-refractivity contribution in [1.29, 1.82) is 0 Å². The number of hydrogen-bond acceptors (Lipinski definition) is 3. The van der Waals surface area contributed by atoms with Crippen LogP contribution in [0.5, 0.6) is 0 Å². The van der Waals surface area contributed by atoms with Crippen LogP contribution in [0.4, 0.5) is 0 Å². The Morgan fingerprint density at radius 2 is 1.72 bits per heavy atom. The highest BCUT2D eigenvalue weighted by Crippen LogP contribution is 2.23. The standard InChI is InChI=1S/C13H17NO3S/c1-11(15)12-7-9-14(10-8-12)18(16,17)13-5-3-2-4-6-13/h2-6,12H,7-10H2,1H3. The summed E-state index contributed by atoms with van der Waals surface area (Å²) in [5.74, 6) is 0.180. The number of carbonyl (C=O) groups excluding carboxylic acids is 1. The third-order valence-electron chi connectivity index (χ3n) is 3.41. The molecule has 1 heterocycles. The average Bonchev–Trinajstić information content (AvgIpc) is 2.40. The quantitative estimate of drug-likeness (QED) is 0.837.